The molecule has 140 valence electrons. The number of aromatic nitrogens is 5. The van der Waals surface area contributed by atoms with Gasteiger partial charge in [0.15, 0.2) is 6.33 Å². The van der Waals surface area contributed by atoms with E-state index in [0.29, 0.717) is 19.4 Å². The third kappa shape index (κ3) is 3.98. The summed E-state index contributed by atoms with van der Waals surface area (Å²) in [5.41, 5.74) is 2.78. The minimum Gasteiger partial charge on any atom is -0.489 e. The summed E-state index contributed by atoms with van der Waals surface area (Å²) >= 11 is 0. The van der Waals surface area contributed by atoms with Crippen molar-refractivity contribution in [1.29, 1.82) is 0 Å². The van der Waals surface area contributed by atoms with Crippen LogP contribution in [0.2, 0.25) is 0 Å². The van der Waals surface area contributed by atoms with Gasteiger partial charge < -0.3 is 4.74 Å². The smallest absolute Gasteiger partial charge is 0.272 e. The number of aryl methyl sites for hydroxylation is 2. The van der Waals surface area contributed by atoms with Crippen LogP contribution >= 0.6 is 0 Å². The summed E-state index contributed by atoms with van der Waals surface area (Å²) in [6.07, 6.45) is 2.64. The number of rotatable bonds is 7. The molecule has 7 heteroatoms. The third-order valence-electron chi connectivity index (χ3n) is 4.39. The van der Waals surface area contributed by atoms with Crippen LogP contribution in [0.1, 0.15) is 16.8 Å². The first-order valence-electron chi connectivity index (χ1n) is 9.00. The number of ether oxygens (including phenoxy) is 1. The molecule has 2 aromatic heterocycles. The Kier molecular flexibility index (Phi) is 5.24. The second-order valence-corrected chi connectivity index (χ2v) is 6.25. The van der Waals surface area contributed by atoms with Crippen LogP contribution in [0.4, 0.5) is 0 Å². The molecule has 0 spiro atoms. The average Bonchev–Trinajstić information content (AvgIpc) is 3.26. The van der Waals surface area contributed by atoms with E-state index in [2.05, 4.69) is 15.4 Å². The van der Waals surface area contributed by atoms with E-state index in [-0.39, 0.29) is 5.56 Å². The molecule has 0 bridgehead atoms. The third-order valence-corrected chi connectivity index (χ3v) is 4.39. The maximum absolute atomic E-state index is 12.3. The van der Waals surface area contributed by atoms with Crippen molar-refractivity contribution in [2.75, 3.05) is 0 Å². The molecule has 0 radical (unpaired) electrons. The van der Waals surface area contributed by atoms with E-state index in [9.17, 15) is 4.79 Å². The SMILES string of the molecule is O=c1cccc(CCc2ccccc2OCc2ccccc2)n1-n1ncnn1. The van der Waals surface area contributed by atoms with Crippen molar-refractivity contribution in [2.45, 2.75) is 19.4 Å². The molecule has 0 saturated heterocycles. The summed E-state index contributed by atoms with van der Waals surface area (Å²) in [6, 6.07) is 23.1. The minimum atomic E-state index is -0.205. The fraction of sp³-hybridized carbons (Fsp3) is 0.143. The fourth-order valence-electron chi connectivity index (χ4n) is 3.02. The Labute approximate surface area is 161 Å². The molecule has 0 saturated carbocycles. The largest absolute Gasteiger partial charge is 0.489 e. The lowest BCUT2D eigenvalue weighted by atomic mass is 10.1. The lowest BCUT2D eigenvalue weighted by Crippen LogP contribution is -2.30. The van der Waals surface area contributed by atoms with Crippen LogP contribution in [0, 0.1) is 0 Å². The van der Waals surface area contributed by atoms with Crippen LogP contribution in [-0.2, 0) is 19.4 Å². The van der Waals surface area contributed by atoms with Crippen LogP contribution in [0.5, 0.6) is 5.75 Å². The molecule has 0 atom stereocenters. The Bertz CT molecular complexity index is 1090. The summed E-state index contributed by atoms with van der Waals surface area (Å²) in [7, 11) is 0. The predicted octanol–water partition coefficient (Wildman–Crippen LogP) is 2.51. The number of tetrazole rings is 1. The molecule has 0 aliphatic rings. The Morgan fingerprint density at radius 2 is 1.68 bits per heavy atom. The van der Waals surface area contributed by atoms with Crippen LogP contribution in [0.15, 0.2) is 83.9 Å². The van der Waals surface area contributed by atoms with Crippen molar-refractivity contribution in [3.8, 4) is 5.75 Å². The second kappa shape index (κ2) is 8.30. The Morgan fingerprint density at radius 1 is 0.857 bits per heavy atom. The van der Waals surface area contributed by atoms with Gasteiger partial charge in [-0.25, -0.2) is 0 Å². The lowest BCUT2D eigenvalue weighted by molar-refractivity contribution is 0.303. The molecule has 0 amide bonds. The Hall–Kier alpha value is -3.74. The quantitative estimate of drug-likeness (QED) is 0.498. The van der Waals surface area contributed by atoms with Crippen LogP contribution in [-0.4, -0.2) is 25.0 Å². The number of hydrogen-bond donors (Lipinski definition) is 0. The van der Waals surface area contributed by atoms with Gasteiger partial charge >= 0.3 is 0 Å². The van der Waals surface area contributed by atoms with Gasteiger partial charge in [-0.05, 0) is 41.3 Å². The lowest BCUT2D eigenvalue weighted by Gasteiger charge is -2.13. The highest BCUT2D eigenvalue weighted by Gasteiger charge is 2.10. The van der Waals surface area contributed by atoms with Crippen molar-refractivity contribution in [3.05, 3.63) is 106 Å². The van der Waals surface area contributed by atoms with Gasteiger partial charge in [0.2, 0.25) is 0 Å². The summed E-state index contributed by atoms with van der Waals surface area (Å²) in [5, 5.41) is 11.5. The molecule has 28 heavy (non-hydrogen) atoms. The van der Waals surface area contributed by atoms with E-state index in [1.165, 1.54) is 22.0 Å². The number of benzene rings is 2. The first-order chi connectivity index (χ1) is 13.8. The molecule has 2 aromatic carbocycles. The molecule has 4 aromatic rings. The monoisotopic (exact) mass is 373 g/mol. The van der Waals surface area contributed by atoms with E-state index in [0.717, 1.165) is 22.6 Å². The van der Waals surface area contributed by atoms with Crippen molar-refractivity contribution >= 4 is 0 Å². The van der Waals surface area contributed by atoms with E-state index in [1.807, 2.05) is 60.7 Å². The molecule has 0 fully saturated rings. The molecule has 4 rings (SSSR count). The molecule has 0 N–H and O–H groups in total. The molecule has 0 unspecified atom stereocenters. The number of nitrogens with zero attached hydrogens (tertiary/aromatic N) is 5. The maximum atomic E-state index is 12.3. The summed E-state index contributed by atoms with van der Waals surface area (Å²) in [6.45, 7) is 0.511. The summed E-state index contributed by atoms with van der Waals surface area (Å²) in [5.74, 6) is 0.843. The van der Waals surface area contributed by atoms with Gasteiger partial charge in [0.1, 0.15) is 12.4 Å². The maximum Gasteiger partial charge on any atom is 0.272 e. The second-order valence-electron chi connectivity index (χ2n) is 6.25. The van der Waals surface area contributed by atoms with Crippen molar-refractivity contribution in [1.82, 2.24) is 25.0 Å². The molecular weight excluding hydrogens is 354 g/mol. The molecule has 0 aliphatic carbocycles. The summed E-state index contributed by atoms with van der Waals surface area (Å²) < 4.78 is 7.45. The van der Waals surface area contributed by atoms with Gasteiger partial charge in [0, 0.05) is 11.8 Å². The van der Waals surface area contributed by atoms with Gasteiger partial charge in [0.05, 0.1) is 0 Å². The van der Waals surface area contributed by atoms with E-state index in [1.54, 1.807) is 6.07 Å². The minimum absolute atomic E-state index is 0.205. The predicted molar refractivity (Wildman–Crippen MR) is 104 cm³/mol. The molecule has 2 heterocycles. The van der Waals surface area contributed by atoms with Crippen LogP contribution in [0.3, 0.4) is 0 Å². The highest BCUT2D eigenvalue weighted by atomic mass is 16.5. The first-order valence-corrected chi connectivity index (χ1v) is 9.00. The zero-order valence-electron chi connectivity index (χ0n) is 15.2. The zero-order chi connectivity index (χ0) is 19.2. The van der Waals surface area contributed by atoms with Crippen molar-refractivity contribution in [2.24, 2.45) is 0 Å². The van der Waals surface area contributed by atoms with E-state index < -0.39 is 0 Å². The molecule has 7 nitrogen and oxygen atoms in total. The fourth-order valence-corrected chi connectivity index (χ4v) is 3.02. The Morgan fingerprint density at radius 3 is 2.50 bits per heavy atom. The van der Waals surface area contributed by atoms with Crippen LogP contribution < -0.4 is 10.3 Å². The van der Waals surface area contributed by atoms with E-state index >= 15 is 0 Å². The van der Waals surface area contributed by atoms with Gasteiger partial charge in [-0.3, -0.25) is 4.79 Å². The molecule has 0 aliphatic heterocycles. The highest BCUT2D eigenvalue weighted by molar-refractivity contribution is 5.34. The molecular formula is C21H19N5O2. The van der Waals surface area contributed by atoms with Gasteiger partial charge in [-0.15, -0.1) is 10.2 Å². The standard InChI is InChI=1S/C21H19N5O2/c27-21-12-6-10-19(25(21)26-23-16-22-24-26)14-13-18-9-4-5-11-20(18)28-15-17-7-2-1-3-8-17/h1-12,16H,13-15H2. The number of hydrogen-bond acceptors (Lipinski definition) is 5. The van der Waals surface area contributed by atoms with Crippen LogP contribution in [0.25, 0.3) is 0 Å². The number of pyridine rings is 1. The van der Waals surface area contributed by atoms with Crippen molar-refractivity contribution in [3.63, 3.8) is 0 Å². The Balaban J connectivity index is 1.52. The van der Waals surface area contributed by atoms with Gasteiger partial charge in [-0.2, -0.15) is 4.68 Å². The average molecular weight is 373 g/mol. The van der Waals surface area contributed by atoms with Gasteiger partial charge in [0.25, 0.3) is 5.56 Å². The van der Waals surface area contributed by atoms with E-state index in [4.69, 9.17) is 4.74 Å². The zero-order valence-corrected chi connectivity index (χ0v) is 15.2. The van der Waals surface area contributed by atoms with Gasteiger partial charge in [-0.1, -0.05) is 59.5 Å². The number of para-hydroxylation sites is 1. The normalized spacial score (nSPS) is 10.7. The topological polar surface area (TPSA) is 74.8 Å². The van der Waals surface area contributed by atoms with Crippen molar-refractivity contribution < 1.29 is 4.74 Å². The highest BCUT2D eigenvalue weighted by Crippen LogP contribution is 2.21. The summed E-state index contributed by atoms with van der Waals surface area (Å²) in [4.78, 5) is 13.5. The first kappa shape index (κ1) is 17.7.